The molecule has 184 valence electrons. The quantitative estimate of drug-likeness (QED) is 0.351. The van der Waals surface area contributed by atoms with Crippen molar-refractivity contribution in [1.82, 2.24) is 40.8 Å². The molecule has 0 spiro atoms. The van der Waals surface area contributed by atoms with Crippen molar-refractivity contribution in [2.45, 2.75) is 20.4 Å². The number of hydrazine groups is 1. The molecule has 10 heteroatoms. The van der Waals surface area contributed by atoms with Gasteiger partial charge in [-0.3, -0.25) is 20.4 Å². The van der Waals surface area contributed by atoms with E-state index in [2.05, 4.69) is 31.4 Å². The van der Waals surface area contributed by atoms with Crippen LogP contribution in [0.4, 0.5) is 0 Å². The second-order valence-corrected chi connectivity index (χ2v) is 8.41. The number of tetrazole rings is 1. The van der Waals surface area contributed by atoms with Crippen molar-refractivity contribution >= 4 is 11.8 Å². The Labute approximate surface area is 212 Å². The molecule has 2 amide bonds. The Morgan fingerprint density at radius 3 is 2.14 bits per heavy atom. The van der Waals surface area contributed by atoms with Gasteiger partial charge < -0.3 is 0 Å². The van der Waals surface area contributed by atoms with Gasteiger partial charge in [0.25, 0.3) is 11.8 Å². The maximum absolute atomic E-state index is 12.8. The van der Waals surface area contributed by atoms with E-state index < -0.39 is 11.8 Å². The number of para-hydroxylation sites is 1. The van der Waals surface area contributed by atoms with E-state index in [1.165, 1.54) is 4.80 Å². The van der Waals surface area contributed by atoms with E-state index in [1.807, 2.05) is 67.6 Å². The predicted molar refractivity (Wildman–Crippen MR) is 137 cm³/mol. The fourth-order valence-corrected chi connectivity index (χ4v) is 3.98. The molecule has 2 N–H and O–H groups in total. The average molecular weight is 493 g/mol. The van der Waals surface area contributed by atoms with Gasteiger partial charge in [0.1, 0.15) is 0 Å². The van der Waals surface area contributed by atoms with Crippen molar-refractivity contribution in [3.05, 3.63) is 113 Å². The first kappa shape index (κ1) is 23.6. The number of rotatable bonds is 6. The molecule has 37 heavy (non-hydrogen) atoms. The van der Waals surface area contributed by atoms with Crippen molar-refractivity contribution in [2.24, 2.45) is 0 Å². The van der Waals surface area contributed by atoms with Gasteiger partial charge in [-0.1, -0.05) is 60.7 Å². The number of hydrogen-bond donors (Lipinski definition) is 2. The number of amides is 2. The molecule has 0 unspecified atom stereocenters. The van der Waals surface area contributed by atoms with Crippen LogP contribution in [-0.4, -0.2) is 41.8 Å². The molecule has 0 saturated heterocycles. The van der Waals surface area contributed by atoms with Crippen molar-refractivity contribution in [2.75, 3.05) is 0 Å². The Morgan fingerprint density at radius 1 is 0.784 bits per heavy atom. The zero-order valence-corrected chi connectivity index (χ0v) is 20.3. The highest BCUT2D eigenvalue weighted by Gasteiger charge is 2.20. The van der Waals surface area contributed by atoms with Gasteiger partial charge in [0.15, 0.2) is 0 Å². The summed E-state index contributed by atoms with van der Waals surface area (Å²) in [5, 5.41) is 17.1. The first-order chi connectivity index (χ1) is 18.0. The number of aromatic nitrogens is 6. The second-order valence-electron chi connectivity index (χ2n) is 8.41. The zero-order chi connectivity index (χ0) is 25.8. The lowest BCUT2D eigenvalue weighted by molar-refractivity contribution is 0.0846. The van der Waals surface area contributed by atoms with Gasteiger partial charge in [-0.15, -0.1) is 10.2 Å². The minimum Gasteiger partial charge on any atom is -0.267 e. The van der Waals surface area contributed by atoms with Crippen LogP contribution in [0.2, 0.25) is 0 Å². The van der Waals surface area contributed by atoms with Crippen LogP contribution in [-0.2, 0) is 6.54 Å². The molecule has 0 aliphatic carbocycles. The van der Waals surface area contributed by atoms with Crippen LogP contribution in [0.25, 0.3) is 17.1 Å². The Bertz CT molecular complexity index is 1540. The third kappa shape index (κ3) is 5.13. The molecule has 0 saturated carbocycles. The average Bonchev–Trinajstić information content (AvgIpc) is 3.52. The Balaban J connectivity index is 1.20. The lowest BCUT2D eigenvalue weighted by atomic mass is 10.1. The Morgan fingerprint density at radius 2 is 1.43 bits per heavy atom. The number of nitrogens with zero attached hydrogens (tertiary/aromatic N) is 6. The van der Waals surface area contributed by atoms with E-state index >= 15 is 0 Å². The normalized spacial score (nSPS) is 10.8. The van der Waals surface area contributed by atoms with E-state index in [0.717, 1.165) is 16.8 Å². The summed E-state index contributed by atoms with van der Waals surface area (Å²) in [5.74, 6) is -0.323. The summed E-state index contributed by atoms with van der Waals surface area (Å²) in [6.07, 6.45) is 0. The van der Waals surface area contributed by atoms with E-state index in [9.17, 15) is 9.59 Å². The number of hydrogen-bond acceptors (Lipinski definition) is 6. The minimum atomic E-state index is -0.436. The number of benzene rings is 3. The number of aryl methyl sites for hydroxylation is 1. The lowest BCUT2D eigenvalue weighted by Gasteiger charge is -2.09. The van der Waals surface area contributed by atoms with Gasteiger partial charge in [-0.25, -0.2) is 4.68 Å². The van der Waals surface area contributed by atoms with Crippen LogP contribution < -0.4 is 10.9 Å². The predicted octanol–water partition coefficient (Wildman–Crippen LogP) is 3.27. The molecule has 0 aliphatic heterocycles. The van der Waals surface area contributed by atoms with Gasteiger partial charge in [-0.2, -0.15) is 9.90 Å². The summed E-state index contributed by atoms with van der Waals surface area (Å²) in [6, 6.07) is 26.1. The summed E-state index contributed by atoms with van der Waals surface area (Å²) in [6.45, 7) is 3.98. The van der Waals surface area contributed by atoms with Crippen molar-refractivity contribution in [3.8, 4) is 17.1 Å². The van der Waals surface area contributed by atoms with Gasteiger partial charge in [0, 0.05) is 11.1 Å². The summed E-state index contributed by atoms with van der Waals surface area (Å²) >= 11 is 0. The molecule has 0 atom stereocenters. The van der Waals surface area contributed by atoms with Crippen molar-refractivity contribution < 1.29 is 9.59 Å². The summed E-state index contributed by atoms with van der Waals surface area (Å²) in [5.41, 5.74) is 9.66. The van der Waals surface area contributed by atoms with Crippen LogP contribution in [0.15, 0.2) is 84.9 Å². The highest BCUT2D eigenvalue weighted by molar-refractivity contribution is 6.00. The van der Waals surface area contributed by atoms with Gasteiger partial charge in [0.05, 0.1) is 29.2 Å². The molecule has 5 rings (SSSR count). The minimum absolute atomic E-state index is 0.397. The molecule has 10 nitrogen and oxygen atoms in total. The maximum atomic E-state index is 12.8. The van der Waals surface area contributed by atoms with Crippen LogP contribution in [0.3, 0.4) is 0 Å². The van der Waals surface area contributed by atoms with E-state index in [1.54, 1.807) is 35.9 Å². The van der Waals surface area contributed by atoms with Gasteiger partial charge in [0.2, 0.25) is 5.82 Å². The molecular weight excluding hydrogens is 468 g/mol. The van der Waals surface area contributed by atoms with Crippen LogP contribution in [0.1, 0.15) is 37.7 Å². The topological polar surface area (TPSA) is 120 Å². The monoisotopic (exact) mass is 492 g/mol. The first-order valence-corrected chi connectivity index (χ1v) is 11.6. The Hall–Kier alpha value is -5.12. The fourth-order valence-electron chi connectivity index (χ4n) is 3.98. The van der Waals surface area contributed by atoms with Crippen molar-refractivity contribution in [1.29, 1.82) is 0 Å². The maximum Gasteiger partial charge on any atom is 0.273 e. The SMILES string of the molecule is Cc1nn(-c2ccccc2)c(C)c1C(=O)NNC(=O)c1ccc(Cn2nnc(-c3ccccc3)n2)cc1. The number of carbonyl (C=O) groups is 2. The summed E-state index contributed by atoms with van der Waals surface area (Å²) in [7, 11) is 0. The third-order valence-electron chi connectivity index (χ3n) is 5.83. The van der Waals surface area contributed by atoms with Gasteiger partial charge >= 0.3 is 0 Å². The molecular formula is C27H24N8O2. The summed E-state index contributed by atoms with van der Waals surface area (Å²) < 4.78 is 1.71. The highest BCUT2D eigenvalue weighted by Crippen LogP contribution is 2.18. The standard InChI is InChI=1S/C27H24N8O2/c1-18-24(19(2)35(31-18)23-11-7-4-8-12-23)27(37)30-29-26(36)22-15-13-20(14-16-22)17-34-32-25(28-33-34)21-9-5-3-6-10-21/h3-16H,17H2,1-2H3,(H,29,36)(H,30,37). The molecule has 0 bridgehead atoms. The Kier molecular flexibility index (Phi) is 6.54. The van der Waals surface area contributed by atoms with Crippen molar-refractivity contribution in [3.63, 3.8) is 0 Å². The summed E-state index contributed by atoms with van der Waals surface area (Å²) in [4.78, 5) is 26.9. The molecule has 0 fully saturated rings. The van der Waals surface area contributed by atoms with Crippen LogP contribution in [0.5, 0.6) is 0 Å². The highest BCUT2D eigenvalue weighted by atomic mass is 16.2. The van der Waals surface area contributed by atoms with E-state index in [0.29, 0.717) is 34.9 Å². The molecule has 0 radical (unpaired) electrons. The van der Waals surface area contributed by atoms with Crippen LogP contribution >= 0.6 is 0 Å². The largest absolute Gasteiger partial charge is 0.273 e. The molecule has 2 aromatic heterocycles. The molecule has 3 aromatic carbocycles. The second kappa shape index (κ2) is 10.2. The molecule has 5 aromatic rings. The van der Waals surface area contributed by atoms with E-state index in [-0.39, 0.29) is 0 Å². The smallest absolute Gasteiger partial charge is 0.267 e. The van der Waals surface area contributed by atoms with Crippen LogP contribution in [0, 0.1) is 13.8 Å². The zero-order valence-electron chi connectivity index (χ0n) is 20.3. The molecule has 0 aliphatic rings. The fraction of sp³-hybridized carbons (Fsp3) is 0.111. The third-order valence-corrected chi connectivity index (χ3v) is 5.83. The van der Waals surface area contributed by atoms with Gasteiger partial charge in [-0.05, 0) is 48.9 Å². The number of carbonyl (C=O) groups excluding carboxylic acids is 2. The number of nitrogens with one attached hydrogen (secondary N) is 2. The van der Waals surface area contributed by atoms with E-state index in [4.69, 9.17) is 0 Å². The molecule has 2 heterocycles. The first-order valence-electron chi connectivity index (χ1n) is 11.6. The lowest BCUT2D eigenvalue weighted by Crippen LogP contribution is -2.42.